The van der Waals surface area contributed by atoms with Gasteiger partial charge in [0, 0.05) is 12.2 Å². The smallest absolute Gasteiger partial charge is 0.311 e. The molecule has 0 saturated carbocycles. The second kappa shape index (κ2) is 6.59. The van der Waals surface area contributed by atoms with Crippen molar-refractivity contribution in [2.24, 2.45) is 5.92 Å². The summed E-state index contributed by atoms with van der Waals surface area (Å²) in [5, 5.41) is 18.4. The molecule has 1 aromatic rings. The van der Waals surface area contributed by atoms with Crippen molar-refractivity contribution in [2.75, 3.05) is 24.7 Å². The van der Waals surface area contributed by atoms with Crippen molar-refractivity contribution in [1.82, 2.24) is 0 Å². The van der Waals surface area contributed by atoms with Gasteiger partial charge >= 0.3 is 5.97 Å². The molecule has 0 aliphatic carbocycles. The molecule has 0 aromatic heterocycles. The molecule has 1 aliphatic rings. The average molecular weight is 288 g/mol. The maximum absolute atomic E-state index is 11.4. The third kappa shape index (κ3) is 3.17. The Balaban J connectivity index is 2.32. The number of carboxylic acids is 1. The van der Waals surface area contributed by atoms with Crippen molar-refractivity contribution >= 4 is 11.7 Å². The van der Waals surface area contributed by atoms with E-state index in [0.717, 1.165) is 24.2 Å². The van der Waals surface area contributed by atoms with Crippen molar-refractivity contribution in [1.29, 1.82) is 5.26 Å². The fourth-order valence-corrected chi connectivity index (χ4v) is 2.77. The van der Waals surface area contributed by atoms with Crippen LogP contribution in [-0.4, -0.2) is 36.9 Å². The van der Waals surface area contributed by atoms with E-state index in [-0.39, 0.29) is 12.6 Å². The molecule has 112 valence electrons. The molecular weight excluding hydrogens is 268 g/mol. The molecule has 0 spiro atoms. The lowest BCUT2D eigenvalue weighted by Gasteiger charge is -2.32. The van der Waals surface area contributed by atoms with Gasteiger partial charge in [-0.2, -0.15) is 5.26 Å². The quantitative estimate of drug-likeness (QED) is 0.899. The molecule has 1 saturated heterocycles. The van der Waals surface area contributed by atoms with E-state index in [4.69, 9.17) is 10.00 Å². The first-order valence-electron chi connectivity index (χ1n) is 7.16. The molecule has 21 heavy (non-hydrogen) atoms. The number of aliphatic carboxylic acids is 1. The third-order valence-electron chi connectivity index (χ3n) is 3.89. The number of nitriles is 1. The summed E-state index contributed by atoms with van der Waals surface area (Å²) in [4.78, 5) is 13.5. The van der Waals surface area contributed by atoms with Crippen molar-refractivity contribution < 1.29 is 14.6 Å². The summed E-state index contributed by atoms with van der Waals surface area (Å²) in [5.41, 5.74) is 2.50. The van der Waals surface area contributed by atoms with E-state index >= 15 is 0 Å². The van der Waals surface area contributed by atoms with Crippen molar-refractivity contribution in [3.63, 3.8) is 0 Å². The number of carbonyl (C=O) groups is 1. The first-order valence-corrected chi connectivity index (χ1v) is 7.16. The van der Waals surface area contributed by atoms with Crippen LogP contribution >= 0.6 is 0 Å². The zero-order valence-corrected chi connectivity index (χ0v) is 12.4. The maximum atomic E-state index is 11.4. The molecule has 2 atom stereocenters. The lowest BCUT2D eigenvalue weighted by Crippen LogP contribution is -2.43. The minimum atomic E-state index is -0.816. The highest BCUT2D eigenvalue weighted by atomic mass is 16.5. The van der Waals surface area contributed by atoms with Crippen LogP contribution in [0.1, 0.15) is 24.5 Å². The van der Waals surface area contributed by atoms with E-state index in [1.807, 2.05) is 19.1 Å². The summed E-state index contributed by atoms with van der Waals surface area (Å²) >= 11 is 0. The largest absolute Gasteiger partial charge is 0.481 e. The number of rotatable bonds is 5. The number of ether oxygens (including phenoxy) is 1. The molecule has 5 nitrogen and oxygen atoms in total. The summed E-state index contributed by atoms with van der Waals surface area (Å²) in [7, 11) is 0. The number of carboxylic acid groups (broad SMARTS) is 1. The Bertz CT molecular complexity index is 565. The van der Waals surface area contributed by atoms with Gasteiger partial charge < -0.3 is 14.7 Å². The van der Waals surface area contributed by atoms with Crippen molar-refractivity contribution in [2.45, 2.75) is 26.3 Å². The molecule has 0 bridgehead atoms. The van der Waals surface area contributed by atoms with E-state index in [9.17, 15) is 9.90 Å². The summed E-state index contributed by atoms with van der Waals surface area (Å²) < 4.78 is 5.38. The van der Waals surface area contributed by atoms with E-state index in [1.54, 1.807) is 6.07 Å². The summed E-state index contributed by atoms with van der Waals surface area (Å²) in [5.74, 6) is -1.32. The van der Waals surface area contributed by atoms with Gasteiger partial charge in [0.25, 0.3) is 0 Å². The molecule has 2 rings (SSSR count). The highest BCUT2D eigenvalue weighted by Crippen LogP contribution is 2.27. The molecule has 5 heteroatoms. The minimum Gasteiger partial charge on any atom is -0.481 e. The zero-order valence-electron chi connectivity index (χ0n) is 12.4. The van der Waals surface area contributed by atoms with Gasteiger partial charge in [-0.15, -0.1) is 0 Å². The monoisotopic (exact) mass is 288 g/mol. The van der Waals surface area contributed by atoms with E-state index in [1.165, 1.54) is 0 Å². The van der Waals surface area contributed by atoms with Crippen LogP contribution in [0.4, 0.5) is 5.69 Å². The predicted molar refractivity (Wildman–Crippen MR) is 79.3 cm³/mol. The van der Waals surface area contributed by atoms with E-state index < -0.39 is 11.9 Å². The van der Waals surface area contributed by atoms with Gasteiger partial charge in [0.2, 0.25) is 0 Å². The molecule has 0 amide bonds. The van der Waals surface area contributed by atoms with Gasteiger partial charge in [-0.3, -0.25) is 4.79 Å². The van der Waals surface area contributed by atoms with Crippen LogP contribution in [0, 0.1) is 24.2 Å². The Morgan fingerprint density at radius 2 is 2.29 bits per heavy atom. The van der Waals surface area contributed by atoms with Crippen LogP contribution < -0.4 is 4.90 Å². The predicted octanol–water partition coefficient (Wildman–Crippen LogP) is 2.18. The number of hydrogen-bond acceptors (Lipinski definition) is 4. The van der Waals surface area contributed by atoms with Crippen LogP contribution in [-0.2, 0) is 9.53 Å². The summed E-state index contributed by atoms with van der Waals surface area (Å²) in [6.07, 6.45) is 0.919. The SMILES string of the molecule is CCCN(c1ccc(C#N)c(C)c1)C1COCC1C(=O)O. The Hall–Kier alpha value is -2.06. The van der Waals surface area contributed by atoms with E-state index in [0.29, 0.717) is 12.2 Å². The van der Waals surface area contributed by atoms with Crippen LogP contribution in [0.15, 0.2) is 18.2 Å². The topological polar surface area (TPSA) is 73.6 Å². The number of benzene rings is 1. The normalized spacial score (nSPS) is 21.0. The van der Waals surface area contributed by atoms with Crippen LogP contribution in [0.3, 0.4) is 0 Å². The van der Waals surface area contributed by atoms with Gasteiger partial charge in [-0.25, -0.2) is 0 Å². The number of anilines is 1. The van der Waals surface area contributed by atoms with Gasteiger partial charge in [0.05, 0.1) is 30.9 Å². The Kier molecular flexibility index (Phi) is 4.81. The Morgan fingerprint density at radius 1 is 1.52 bits per heavy atom. The Labute approximate surface area is 124 Å². The molecule has 2 unspecified atom stereocenters. The molecule has 1 heterocycles. The van der Waals surface area contributed by atoms with Gasteiger partial charge in [-0.1, -0.05) is 6.92 Å². The number of hydrogen-bond donors (Lipinski definition) is 1. The Morgan fingerprint density at radius 3 is 2.86 bits per heavy atom. The first-order chi connectivity index (χ1) is 10.1. The summed E-state index contributed by atoms with van der Waals surface area (Å²) in [6, 6.07) is 7.62. The lowest BCUT2D eigenvalue weighted by atomic mass is 10.00. The molecule has 1 fully saturated rings. The molecular formula is C16H20N2O3. The number of nitrogens with zero attached hydrogens (tertiary/aromatic N) is 2. The standard InChI is InChI=1S/C16H20N2O3/c1-3-6-18(15-10-21-9-14(15)16(19)20)13-5-4-12(8-17)11(2)7-13/h4-5,7,14-15H,3,6,9-10H2,1-2H3,(H,19,20). The first kappa shape index (κ1) is 15.3. The van der Waals surface area contributed by atoms with Crippen molar-refractivity contribution in [3.05, 3.63) is 29.3 Å². The van der Waals surface area contributed by atoms with Crippen LogP contribution in [0.5, 0.6) is 0 Å². The average Bonchev–Trinajstić information content (AvgIpc) is 2.94. The fraction of sp³-hybridized carbons (Fsp3) is 0.500. The maximum Gasteiger partial charge on any atom is 0.311 e. The second-order valence-corrected chi connectivity index (χ2v) is 5.35. The van der Waals surface area contributed by atoms with Crippen LogP contribution in [0.2, 0.25) is 0 Å². The highest BCUT2D eigenvalue weighted by molar-refractivity contribution is 5.72. The third-order valence-corrected chi connectivity index (χ3v) is 3.89. The summed E-state index contributed by atoms with van der Waals surface area (Å²) in [6.45, 7) is 5.41. The van der Waals surface area contributed by atoms with Gasteiger partial charge in [0.1, 0.15) is 5.92 Å². The second-order valence-electron chi connectivity index (χ2n) is 5.35. The molecule has 0 radical (unpaired) electrons. The van der Waals surface area contributed by atoms with E-state index in [2.05, 4.69) is 17.9 Å². The minimum absolute atomic E-state index is 0.158. The van der Waals surface area contributed by atoms with Gasteiger partial charge in [0.15, 0.2) is 0 Å². The molecule has 1 aliphatic heterocycles. The highest BCUT2D eigenvalue weighted by Gasteiger charge is 2.38. The molecule has 1 N–H and O–H groups in total. The fourth-order valence-electron chi connectivity index (χ4n) is 2.77. The van der Waals surface area contributed by atoms with Crippen molar-refractivity contribution in [3.8, 4) is 6.07 Å². The lowest BCUT2D eigenvalue weighted by molar-refractivity contribution is -0.141. The zero-order chi connectivity index (χ0) is 15.4. The van der Waals surface area contributed by atoms with Crippen LogP contribution in [0.25, 0.3) is 0 Å². The van der Waals surface area contributed by atoms with Gasteiger partial charge in [-0.05, 0) is 37.1 Å². The number of aryl methyl sites for hydroxylation is 1. The molecule has 1 aromatic carbocycles.